The van der Waals surface area contributed by atoms with Crippen molar-refractivity contribution in [3.05, 3.63) is 0 Å². The van der Waals surface area contributed by atoms with Crippen molar-refractivity contribution in [3.8, 4) is 0 Å². The summed E-state index contributed by atoms with van der Waals surface area (Å²) < 4.78 is 0.301. The normalized spacial score (nSPS) is 16.3. The second kappa shape index (κ2) is 3.70. The molecule has 0 spiro atoms. The van der Waals surface area contributed by atoms with Gasteiger partial charge >= 0.3 is 71.9 Å². The van der Waals surface area contributed by atoms with Crippen LogP contribution in [0.4, 0.5) is 0 Å². The van der Waals surface area contributed by atoms with Crippen LogP contribution in [-0.2, 0) is 0 Å². The van der Waals surface area contributed by atoms with Crippen molar-refractivity contribution in [2.45, 2.75) is 25.5 Å². The van der Waals surface area contributed by atoms with Gasteiger partial charge in [0.15, 0.2) is 0 Å². The fourth-order valence-corrected chi connectivity index (χ4v) is 5.89. The van der Waals surface area contributed by atoms with Crippen LogP contribution in [0.15, 0.2) is 0 Å². The molecule has 0 aromatic carbocycles. The zero-order valence-corrected chi connectivity index (χ0v) is 10.2. The van der Waals surface area contributed by atoms with Gasteiger partial charge in [-0.15, -0.1) is 0 Å². The third-order valence-corrected chi connectivity index (χ3v) is 10.4. The van der Waals surface area contributed by atoms with Crippen LogP contribution in [0.3, 0.4) is 0 Å². The monoisotopic (exact) mass is 250 g/mol. The molecular formula is C5H11Cl3Ge. The molecule has 0 aromatic heterocycles. The quantitative estimate of drug-likeness (QED) is 0.655. The van der Waals surface area contributed by atoms with Crippen molar-refractivity contribution in [1.29, 1.82) is 0 Å². The molecule has 0 saturated heterocycles. The van der Waals surface area contributed by atoms with Crippen LogP contribution in [0.5, 0.6) is 0 Å². The summed E-state index contributed by atoms with van der Waals surface area (Å²) in [4.78, 5) is 0. The summed E-state index contributed by atoms with van der Waals surface area (Å²) in [6, 6.07) is 0. The Balaban J connectivity index is 3.88. The second-order valence-corrected chi connectivity index (χ2v) is 19.1. The molecule has 0 heterocycles. The van der Waals surface area contributed by atoms with E-state index in [0.717, 1.165) is 0 Å². The molecule has 4 heteroatoms. The summed E-state index contributed by atoms with van der Waals surface area (Å²) in [5.74, 6) is 0.498. The second-order valence-electron chi connectivity index (χ2n) is 2.57. The molecule has 0 saturated carbocycles. The molecule has 0 rings (SSSR count). The molecular weight excluding hydrogens is 239 g/mol. The summed E-state index contributed by atoms with van der Waals surface area (Å²) in [6.45, 7) is 6.17. The zero-order valence-electron chi connectivity index (χ0n) is 5.79. The van der Waals surface area contributed by atoms with Crippen LogP contribution < -0.4 is 0 Å². The third kappa shape index (κ3) is 3.97. The van der Waals surface area contributed by atoms with Gasteiger partial charge in [0.2, 0.25) is 0 Å². The first kappa shape index (κ1) is 10.4. The molecule has 0 amide bonds. The van der Waals surface area contributed by atoms with Crippen molar-refractivity contribution < 1.29 is 0 Å². The molecule has 0 fully saturated rings. The molecule has 56 valence electrons. The number of rotatable bonds is 2. The van der Waals surface area contributed by atoms with E-state index in [2.05, 4.69) is 13.8 Å². The first-order chi connectivity index (χ1) is 3.85. The Morgan fingerprint density at radius 3 is 1.33 bits per heavy atom. The van der Waals surface area contributed by atoms with Crippen molar-refractivity contribution in [3.63, 3.8) is 0 Å². The van der Waals surface area contributed by atoms with Gasteiger partial charge in [-0.05, 0) is 0 Å². The third-order valence-electron chi connectivity index (χ3n) is 1.52. The Morgan fingerprint density at radius 1 is 1.00 bits per heavy atom. The van der Waals surface area contributed by atoms with Gasteiger partial charge in [-0.2, -0.15) is 0 Å². The maximum absolute atomic E-state index is 5.80. The van der Waals surface area contributed by atoms with Crippen LogP contribution in [0.2, 0.25) is 4.75 Å². The van der Waals surface area contributed by atoms with E-state index in [1.165, 1.54) is 0 Å². The van der Waals surface area contributed by atoms with E-state index in [0.29, 0.717) is 10.7 Å². The van der Waals surface area contributed by atoms with Gasteiger partial charge in [-0.25, -0.2) is 0 Å². The van der Waals surface area contributed by atoms with Gasteiger partial charge in [-0.1, -0.05) is 0 Å². The van der Waals surface area contributed by atoms with E-state index in [1.807, 2.05) is 6.92 Å². The van der Waals surface area contributed by atoms with Crippen LogP contribution in [0.25, 0.3) is 0 Å². The number of hydrogen-bond acceptors (Lipinski definition) is 0. The van der Waals surface area contributed by atoms with Crippen molar-refractivity contribution in [2.75, 3.05) is 0 Å². The SMILES string of the molecule is CC(C)[CH](C)[Ge]([Cl])([Cl])[Cl]. The minimum atomic E-state index is -2.86. The van der Waals surface area contributed by atoms with Crippen LogP contribution in [-0.4, -0.2) is 10.5 Å². The van der Waals surface area contributed by atoms with Gasteiger partial charge in [0, 0.05) is 0 Å². The predicted molar refractivity (Wildman–Crippen MR) is 47.6 cm³/mol. The molecule has 0 N–H and O–H groups in total. The maximum atomic E-state index is 5.80. The van der Waals surface area contributed by atoms with Crippen molar-refractivity contribution in [2.24, 2.45) is 5.92 Å². The molecule has 0 aromatic rings. The molecule has 0 aliphatic rings. The number of hydrogen-bond donors (Lipinski definition) is 0. The van der Waals surface area contributed by atoms with Gasteiger partial charge in [0.1, 0.15) is 0 Å². The summed E-state index contributed by atoms with van der Waals surface area (Å²) in [5, 5.41) is 0. The van der Waals surface area contributed by atoms with Gasteiger partial charge in [0.05, 0.1) is 0 Å². The van der Waals surface area contributed by atoms with Crippen molar-refractivity contribution >= 4 is 40.5 Å². The minimum absolute atomic E-state index is 0.301. The Bertz CT molecular complexity index is 86.7. The number of halogens is 3. The topological polar surface area (TPSA) is 0 Å². The van der Waals surface area contributed by atoms with E-state index < -0.39 is 10.5 Å². The fourth-order valence-electron chi connectivity index (χ4n) is 0.378. The van der Waals surface area contributed by atoms with E-state index in [1.54, 1.807) is 0 Å². The average molecular weight is 250 g/mol. The van der Waals surface area contributed by atoms with Crippen LogP contribution >= 0.6 is 30.0 Å². The Morgan fingerprint density at radius 2 is 1.33 bits per heavy atom. The summed E-state index contributed by atoms with van der Waals surface area (Å²) in [7, 11) is 14.5. The standard InChI is InChI=1S/C5H11Cl3Ge/c1-4(2)5(3)9(6,7)8/h4-5H,1-3H3. The molecule has 1 unspecified atom stereocenters. The first-order valence-electron chi connectivity index (χ1n) is 2.92. The summed E-state index contributed by atoms with van der Waals surface area (Å²) >= 11 is 0. The van der Waals surface area contributed by atoms with Crippen LogP contribution in [0.1, 0.15) is 20.8 Å². The predicted octanol–water partition coefficient (Wildman–Crippen LogP) is 3.69. The molecule has 0 radical (unpaired) electrons. The summed E-state index contributed by atoms with van der Waals surface area (Å²) in [6.07, 6.45) is 0. The fraction of sp³-hybridized carbons (Fsp3) is 1.00. The Hall–Kier alpha value is 1.41. The Labute approximate surface area is 71.8 Å². The molecule has 9 heavy (non-hydrogen) atoms. The Kier molecular flexibility index (Phi) is 4.28. The molecule has 0 nitrogen and oxygen atoms in total. The van der Waals surface area contributed by atoms with E-state index in [4.69, 9.17) is 30.0 Å². The molecule has 0 aliphatic heterocycles. The summed E-state index contributed by atoms with van der Waals surface area (Å²) in [5.41, 5.74) is 0. The zero-order chi connectivity index (χ0) is 7.65. The van der Waals surface area contributed by atoms with Gasteiger partial charge in [-0.3, -0.25) is 0 Å². The van der Waals surface area contributed by atoms with E-state index >= 15 is 0 Å². The van der Waals surface area contributed by atoms with Crippen molar-refractivity contribution in [1.82, 2.24) is 0 Å². The molecule has 0 aliphatic carbocycles. The first-order valence-corrected chi connectivity index (χ1v) is 12.4. The van der Waals surface area contributed by atoms with Gasteiger partial charge < -0.3 is 0 Å². The average Bonchev–Trinajstić information content (AvgIpc) is 1.62. The van der Waals surface area contributed by atoms with E-state index in [9.17, 15) is 0 Å². The molecule has 1 atom stereocenters. The van der Waals surface area contributed by atoms with Gasteiger partial charge in [0.25, 0.3) is 0 Å². The van der Waals surface area contributed by atoms with Crippen LogP contribution in [0, 0.1) is 5.92 Å². The van der Waals surface area contributed by atoms with E-state index in [-0.39, 0.29) is 0 Å². The molecule has 0 bridgehead atoms.